The van der Waals surface area contributed by atoms with Crippen molar-refractivity contribution < 1.29 is 4.79 Å². The fourth-order valence-electron chi connectivity index (χ4n) is 2.32. The minimum Gasteiger partial charge on any atom is -0.299 e. The molecule has 0 aliphatic carbocycles. The van der Waals surface area contributed by atoms with Gasteiger partial charge in [0.05, 0.1) is 10.0 Å². The Morgan fingerprint density at radius 3 is 2.62 bits per heavy atom. The molecule has 0 spiro atoms. The van der Waals surface area contributed by atoms with Crippen molar-refractivity contribution >= 4 is 50.4 Å². The van der Waals surface area contributed by atoms with Crippen LogP contribution in [-0.4, -0.2) is 5.78 Å². The quantitative estimate of drug-likeness (QED) is 0.610. The number of benzene rings is 2. The van der Waals surface area contributed by atoms with Crippen LogP contribution in [0.15, 0.2) is 47.8 Å². The Labute approximate surface area is 137 Å². The highest BCUT2D eigenvalue weighted by Crippen LogP contribution is 2.27. The van der Waals surface area contributed by atoms with Crippen LogP contribution in [-0.2, 0) is 17.6 Å². The topological polar surface area (TPSA) is 17.1 Å². The van der Waals surface area contributed by atoms with Crippen LogP contribution >= 0.6 is 34.5 Å². The summed E-state index contributed by atoms with van der Waals surface area (Å²) in [6.45, 7) is 0. The number of Topliss-reactive ketones (excluding diaryl/α,β-unsaturated/α-hetero) is 1. The first-order valence-corrected chi connectivity index (χ1v) is 8.18. The second kappa shape index (κ2) is 6.18. The average Bonchev–Trinajstić information content (AvgIpc) is 2.86. The lowest BCUT2D eigenvalue weighted by atomic mass is 10.0. The number of thiophene rings is 1. The van der Waals surface area contributed by atoms with Gasteiger partial charge in [0.1, 0.15) is 5.78 Å². The van der Waals surface area contributed by atoms with Crippen LogP contribution in [0.4, 0.5) is 0 Å². The zero-order chi connectivity index (χ0) is 14.8. The van der Waals surface area contributed by atoms with Gasteiger partial charge in [0, 0.05) is 17.5 Å². The number of ketones is 1. The number of hydrogen-bond acceptors (Lipinski definition) is 2. The molecule has 1 nitrogen and oxygen atoms in total. The first-order valence-electron chi connectivity index (χ1n) is 6.54. The normalized spacial score (nSPS) is 11.0. The molecule has 106 valence electrons. The van der Waals surface area contributed by atoms with E-state index in [9.17, 15) is 4.79 Å². The standard InChI is InChI=1S/C17H12Cl2OS/c18-15-6-5-11(8-16(15)19)7-13(20)9-12-10-21-17-4-2-1-3-14(12)17/h1-6,8,10H,7,9H2. The Bertz CT molecular complexity index is 807. The van der Waals surface area contributed by atoms with Crippen LogP contribution in [0.2, 0.25) is 10.0 Å². The minimum absolute atomic E-state index is 0.178. The van der Waals surface area contributed by atoms with Gasteiger partial charge in [0.15, 0.2) is 0 Å². The van der Waals surface area contributed by atoms with E-state index in [0.717, 1.165) is 11.1 Å². The summed E-state index contributed by atoms with van der Waals surface area (Å²) in [5.74, 6) is 0.178. The maximum atomic E-state index is 12.2. The van der Waals surface area contributed by atoms with E-state index in [2.05, 4.69) is 17.5 Å². The van der Waals surface area contributed by atoms with Crippen molar-refractivity contribution in [3.63, 3.8) is 0 Å². The van der Waals surface area contributed by atoms with Crippen LogP contribution in [0.25, 0.3) is 10.1 Å². The fourth-order valence-corrected chi connectivity index (χ4v) is 3.61. The highest BCUT2D eigenvalue weighted by Gasteiger charge is 2.10. The monoisotopic (exact) mass is 334 g/mol. The molecule has 0 unspecified atom stereocenters. The molecule has 0 aliphatic heterocycles. The molecule has 0 aliphatic rings. The van der Waals surface area contributed by atoms with Crippen molar-refractivity contribution in [2.45, 2.75) is 12.8 Å². The first-order chi connectivity index (χ1) is 10.1. The maximum absolute atomic E-state index is 12.2. The van der Waals surface area contributed by atoms with Crippen LogP contribution in [0.3, 0.4) is 0 Å². The molecule has 21 heavy (non-hydrogen) atoms. The summed E-state index contributed by atoms with van der Waals surface area (Å²) in [6.07, 6.45) is 0.825. The molecular weight excluding hydrogens is 323 g/mol. The molecule has 0 bridgehead atoms. The maximum Gasteiger partial charge on any atom is 0.141 e. The predicted molar refractivity (Wildman–Crippen MR) is 90.7 cm³/mol. The summed E-state index contributed by atoms with van der Waals surface area (Å²) in [7, 11) is 0. The second-order valence-electron chi connectivity index (χ2n) is 4.90. The Kier molecular flexibility index (Phi) is 4.29. The molecule has 0 atom stereocenters. The molecule has 0 radical (unpaired) electrons. The van der Waals surface area contributed by atoms with Crippen LogP contribution in [0.1, 0.15) is 11.1 Å². The third-order valence-corrected chi connectivity index (χ3v) is 5.09. The highest BCUT2D eigenvalue weighted by atomic mass is 35.5. The fraction of sp³-hybridized carbons (Fsp3) is 0.118. The molecule has 1 aromatic heterocycles. The number of carbonyl (C=O) groups is 1. The number of fused-ring (bicyclic) bond motifs is 1. The van der Waals surface area contributed by atoms with Gasteiger partial charge in [-0.25, -0.2) is 0 Å². The third-order valence-electron chi connectivity index (χ3n) is 3.33. The zero-order valence-corrected chi connectivity index (χ0v) is 13.4. The predicted octanol–water partition coefficient (Wildman–Crippen LogP) is 5.56. The van der Waals surface area contributed by atoms with Crippen molar-refractivity contribution in [3.05, 3.63) is 69.0 Å². The molecule has 0 fully saturated rings. The van der Waals surface area contributed by atoms with E-state index < -0.39 is 0 Å². The summed E-state index contributed by atoms with van der Waals surface area (Å²) >= 11 is 13.5. The lowest BCUT2D eigenvalue weighted by Gasteiger charge is -2.03. The van der Waals surface area contributed by atoms with E-state index in [4.69, 9.17) is 23.2 Å². The summed E-state index contributed by atoms with van der Waals surface area (Å²) < 4.78 is 1.22. The number of carbonyl (C=O) groups excluding carboxylic acids is 1. The van der Waals surface area contributed by atoms with E-state index in [-0.39, 0.29) is 5.78 Å². The Balaban J connectivity index is 1.75. The van der Waals surface area contributed by atoms with Crippen LogP contribution in [0.5, 0.6) is 0 Å². The molecule has 0 saturated carbocycles. The van der Waals surface area contributed by atoms with Crippen molar-refractivity contribution in [1.82, 2.24) is 0 Å². The Morgan fingerprint density at radius 1 is 1.00 bits per heavy atom. The molecule has 0 amide bonds. The SMILES string of the molecule is O=C(Cc1ccc(Cl)c(Cl)c1)Cc1csc2ccccc12. The molecule has 0 N–H and O–H groups in total. The Hall–Kier alpha value is -1.35. The van der Waals surface area contributed by atoms with Gasteiger partial charge in [-0.05, 0) is 40.1 Å². The van der Waals surface area contributed by atoms with Gasteiger partial charge in [-0.2, -0.15) is 0 Å². The molecule has 0 saturated heterocycles. The van der Waals surface area contributed by atoms with Gasteiger partial charge < -0.3 is 0 Å². The molecular formula is C17H12Cl2OS. The third kappa shape index (κ3) is 3.29. The van der Waals surface area contributed by atoms with Gasteiger partial charge in [-0.15, -0.1) is 11.3 Å². The Morgan fingerprint density at radius 2 is 1.81 bits per heavy atom. The van der Waals surface area contributed by atoms with E-state index in [0.29, 0.717) is 22.9 Å². The van der Waals surface area contributed by atoms with E-state index in [1.807, 2.05) is 18.2 Å². The van der Waals surface area contributed by atoms with E-state index in [1.54, 1.807) is 23.5 Å². The molecule has 2 aromatic carbocycles. The largest absolute Gasteiger partial charge is 0.299 e. The number of rotatable bonds is 4. The lowest BCUT2D eigenvalue weighted by molar-refractivity contribution is -0.117. The van der Waals surface area contributed by atoms with Crippen molar-refractivity contribution in [1.29, 1.82) is 0 Å². The molecule has 3 aromatic rings. The summed E-state index contributed by atoms with van der Waals surface area (Å²) in [4.78, 5) is 12.2. The molecule has 3 rings (SSSR count). The number of halogens is 2. The van der Waals surface area contributed by atoms with Crippen molar-refractivity contribution in [3.8, 4) is 0 Å². The van der Waals surface area contributed by atoms with Crippen LogP contribution in [0, 0.1) is 0 Å². The minimum atomic E-state index is 0.178. The first kappa shape index (κ1) is 14.6. The van der Waals surface area contributed by atoms with E-state index in [1.165, 1.54) is 10.1 Å². The van der Waals surface area contributed by atoms with Gasteiger partial charge >= 0.3 is 0 Å². The van der Waals surface area contributed by atoms with Gasteiger partial charge in [0.25, 0.3) is 0 Å². The summed E-state index contributed by atoms with van der Waals surface area (Å²) in [5.41, 5.74) is 1.99. The number of hydrogen-bond donors (Lipinski definition) is 0. The molecule has 4 heteroatoms. The van der Waals surface area contributed by atoms with Gasteiger partial charge in [0.2, 0.25) is 0 Å². The van der Waals surface area contributed by atoms with Gasteiger partial charge in [-0.3, -0.25) is 4.79 Å². The molecule has 1 heterocycles. The smallest absolute Gasteiger partial charge is 0.141 e. The summed E-state index contributed by atoms with van der Waals surface area (Å²) in [5, 5.41) is 4.24. The van der Waals surface area contributed by atoms with Crippen molar-refractivity contribution in [2.75, 3.05) is 0 Å². The second-order valence-corrected chi connectivity index (χ2v) is 6.62. The zero-order valence-electron chi connectivity index (χ0n) is 11.1. The average molecular weight is 335 g/mol. The summed E-state index contributed by atoms with van der Waals surface area (Å²) in [6, 6.07) is 13.5. The van der Waals surface area contributed by atoms with Crippen LogP contribution < -0.4 is 0 Å². The lowest BCUT2D eigenvalue weighted by Crippen LogP contribution is -2.06. The highest BCUT2D eigenvalue weighted by molar-refractivity contribution is 7.17. The van der Waals surface area contributed by atoms with Gasteiger partial charge in [-0.1, -0.05) is 47.5 Å². The van der Waals surface area contributed by atoms with E-state index >= 15 is 0 Å². The van der Waals surface area contributed by atoms with Crippen molar-refractivity contribution in [2.24, 2.45) is 0 Å².